The number of rotatable bonds is 2. The van der Waals surface area contributed by atoms with Crippen LogP contribution in [0.15, 0.2) is 0 Å². The number of carbonyl (C=O) groups excluding carboxylic acids is 1. The maximum absolute atomic E-state index is 11.5. The summed E-state index contributed by atoms with van der Waals surface area (Å²) in [4.78, 5) is 11.5. The van der Waals surface area contributed by atoms with E-state index in [9.17, 15) is 4.79 Å². The van der Waals surface area contributed by atoms with Crippen molar-refractivity contribution in [3.05, 3.63) is 0 Å². The van der Waals surface area contributed by atoms with Crippen LogP contribution in [-0.2, 0) is 28.5 Å². The molecule has 2 N–H and O–H groups in total. The van der Waals surface area contributed by atoms with Gasteiger partial charge >= 0.3 is 5.97 Å². The van der Waals surface area contributed by atoms with Gasteiger partial charge in [-0.2, -0.15) is 0 Å². The quantitative estimate of drug-likeness (QED) is 0.587. The minimum absolute atomic E-state index is 0.00412. The lowest BCUT2D eigenvalue weighted by molar-refractivity contribution is -0.317. The first-order chi connectivity index (χ1) is 7.77. The van der Waals surface area contributed by atoms with E-state index in [1.807, 2.05) is 0 Å². The topological polar surface area (TPSA) is 89.2 Å². The molecule has 0 bridgehead atoms. The first kappa shape index (κ1) is 11.7. The molecule has 0 aromatic rings. The van der Waals surface area contributed by atoms with E-state index in [1.165, 1.54) is 7.11 Å². The molecule has 0 amide bonds. The molecule has 0 aromatic carbocycles. The van der Waals surface area contributed by atoms with E-state index in [0.717, 1.165) is 0 Å². The lowest BCUT2D eigenvalue weighted by atomic mass is 10.0. The Labute approximate surface area is 92.7 Å². The van der Waals surface area contributed by atoms with Gasteiger partial charge in [0, 0.05) is 6.54 Å². The highest BCUT2D eigenvalue weighted by Crippen LogP contribution is 2.25. The van der Waals surface area contributed by atoms with Crippen molar-refractivity contribution in [2.75, 3.05) is 27.2 Å². The Balaban J connectivity index is 2.10. The zero-order valence-electron chi connectivity index (χ0n) is 8.96. The summed E-state index contributed by atoms with van der Waals surface area (Å²) in [6.45, 7) is 0.381. The van der Waals surface area contributed by atoms with Crippen LogP contribution in [0.1, 0.15) is 0 Å². The smallest absolute Gasteiger partial charge is 0.337 e. The molecule has 2 fully saturated rings. The summed E-state index contributed by atoms with van der Waals surface area (Å²) in [5.41, 5.74) is 5.55. The van der Waals surface area contributed by atoms with Crippen LogP contribution < -0.4 is 5.73 Å². The molecular formula is C9H15NO6. The van der Waals surface area contributed by atoms with Crippen LogP contribution in [0.5, 0.6) is 0 Å². The van der Waals surface area contributed by atoms with E-state index in [1.54, 1.807) is 0 Å². The van der Waals surface area contributed by atoms with Crippen LogP contribution in [0.4, 0.5) is 0 Å². The summed E-state index contributed by atoms with van der Waals surface area (Å²) in [6.07, 6.45) is -1.98. The molecule has 0 aromatic heterocycles. The fourth-order valence-corrected chi connectivity index (χ4v) is 1.87. The summed E-state index contributed by atoms with van der Waals surface area (Å²) in [6, 6.07) is 0. The third-order valence-electron chi connectivity index (χ3n) is 2.71. The molecule has 2 aliphatic rings. The molecule has 7 nitrogen and oxygen atoms in total. The van der Waals surface area contributed by atoms with E-state index in [-0.39, 0.29) is 19.7 Å². The van der Waals surface area contributed by atoms with Gasteiger partial charge < -0.3 is 29.4 Å². The first-order valence-corrected chi connectivity index (χ1v) is 5.02. The van der Waals surface area contributed by atoms with E-state index in [2.05, 4.69) is 4.74 Å². The van der Waals surface area contributed by atoms with Crippen molar-refractivity contribution < 1.29 is 28.5 Å². The van der Waals surface area contributed by atoms with Crippen molar-refractivity contribution in [2.24, 2.45) is 5.73 Å². The summed E-state index contributed by atoms with van der Waals surface area (Å²) in [5.74, 6) is -0.476. The van der Waals surface area contributed by atoms with Gasteiger partial charge in [0.25, 0.3) is 0 Å². The molecule has 2 rings (SSSR count). The van der Waals surface area contributed by atoms with Gasteiger partial charge in [0.2, 0.25) is 0 Å². The predicted molar refractivity (Wildman–Crippen MR) is 50.3 cm³/mol. The van der Waals surface area contributed by atoms with Gasteiger partial charge in [-0.1, -0.05) is 0 Å². The Morgan fingerprint density at radius 3 is 2.62 bits per heavy atom. The summed E-state index contributed by atoms with van der Waals surface area (Å²) in [5, 5.41) is 0. The number of methoxy groups -OCH3 is 1. The van der Waals surface area contributed by atoms with Gasteiger partial charge in [-0.25, -0.2) is 4.79 Å². The van der Waals surface area contributed by atoms with E-state index in [4.69, 9.17) is 24.7 Å². The molecule has 2 heterocycles. The number of fused-ring (bicyclic) bond motifs is 1. The minimum Gasteiger partial charge on any atom is -0.467 e. The lowest BCUT2D eigenvalue weighted by Crippen LogP contribution is -2.60. The number of carbonyl (C=O) groups is 1. The first-order valence-electron chi connectivity index (χ1n) is 5.02. The molecule has 0 saturated carbocycles. The average molecular weight is 233 g/mol. The third kappa shape index (κ3) is 2.04. The van der Waals surface area contributed by atoms with Crippen molar-refractivity contribution in [3.8, 4) is 0 Å². The minimum atomic E-state index is -0.776. The lowest BCUT2D eigenvalue weighted by Gasteiger charge is -2.42. The zero-order chi connectivity index (χ0) is 11.5. The third-order valence-corrected chi connectivity index (χ3v) is 2.71. The molecule has 92 valence electrons. The van der Waals surface area contributed by atoms with Crippen LogP contribution >= 0.6 is 0 Å². The van der Waals surface area contributed by atoms with Gasteiger partial charge in [-0.15, -0.1) is 0 Å². The predicted octanol–water partition coefficient (Wildman–Crippen LogP) is -1.40. The Morgan fingerprint density at radius 2 is 1.94 bits per heavy atom. The number of hydrogen-bond acceptors (Lipinski definition) is 7. The molecule has 16 heavy (non-hydrogen) atoms. The largest absolute Gasteiger partial charge is 0.467 e. The molecule has 0 aliphatic carbocycles. The summed E-state index contributed by atoms with van der Waals surface area (Å²) < 4.78 is 25.8. The average Bonchev–Trinajstić information content (AvgIpc) is 2.36. The molecule has 4 atom stereocenters. The standard InChI is InChI=1S/C9H15NO6/c1-12-9(11)8-7-6(14-4-16-8)5(2-10)13-3-15-7/h5-8H,2-4,10H2,1H3/t5-,6-,7+,8-/m1/s1. The van der Waals surface area contributed by atoms with Crippen molar-refractivity contribution in [1.29, 1.82) is 0 Å². The Kier molecular flexibility index (Phi) is 3.72. The maximum atomic E-state index is 11.5. The van der Waals surface area contributed by atoms with Crippen molar-refractivity contribution in [2.45, 2.75) is 24.4 Å². The molecule has 0 unspecified atom stereocenters. The van der Waals surface area contributed by atoms with Crippen LogP contribution in [-0.4, -0.2) is 57.6 Å². The zero-order valence-corrected chi connectivity index (χ0v) is 8.96. The fourth-order valence-electron chi connectivity index (χ4n) is 1.87. The normalized spacial score (nSPS) is 38.9. The highest BCUT2D eigenvalue weighted by Gasteiger charge is 2.47. The van der Waals surface area contributed by atoms with E-state index < -0.39 is 24.3 Å². The number of ether oxygens (including phenoxy) is 5. The second kappa shape index (κ2) is 5.07. The second-order valence-electron chi connectivity index (χ2n) is 3.55. The molecule has 0 radical (unpaired) electrons. The van der Waals surface area contributed by atoms with Gasteiger partial charge in [0.1, 0.15) is 31.9 Å². The summed E-state index contributed by atoms with van der Waals surface area (Å²) in [7, 11) is 1.30. The number of esters is 1. The van der Waals surface area contributed by atoms with E-state index >= 15 is 0 Å². The highest BCUT2D eigenvalue weighted by atomic mass is 16.8. The van der Waals surface area contributed by atoms with Crippen LogP contribution in [0.25, 0.3) is 0 Å². The fraction of sp³-hybridized carbons (Fsp3) is 0.889. The van der Waals surface area contributed by atoms with Crippen LogP contribution in [0.2, 0.25) is 0 Å². The Morgan fingerprint density at radius 1 is 1.25 bits per heavy atom. The van der Waals surface area contributed by atoms with Crippen molar-refractivity contribution in [1.82, 2.24) is 0 Å². The second-order valence-corrected chi connectivity index (χ2v) is 3.55. The highest BCUT2D eigenvalue weighted by molar-refractivity contribution is 5.75. The van der Waals surface area contributed by atoms with Gasteiger partial charge in [-0.3, -0.25) is 0 Å². The Bertz CT molecular complexity index is 260. The number of nitrogens with two attached hydrogens (primary N) is 1. The maximum Gasteiger partial charge on any atom is 0.337 e. The van der Waals surface area contributed by atoms with Crippen molar-refractivity contribution >= 4 is 5.97 Å². The van der Waals surface area contributed by atoms with Gasteiger partial charge in [-0.05, 0) is 0 Å². The van der Waals surface area contributed by atoms with Gasteiger partial charge in [0.15, 0.2) is 6.10 Å². The molecule has 2 saturated heterocycles. The number of hydrogen-bond donors (Lipinski definition) is 1. The van der Waals surface area contributed by atoms with Crippen LogP contribution in [0, 0.1) is 0 Å². The van der Waals surface area contributed by atoms with E-state index in [0.29, 0.717) is 6.54 Å². The van der Waals surface area contributed by atoms with Gasteiger partial charge in [0.05, 0.1) is 7.11 Å². The molecular weight excluding hydrogens is 218 g/mol. The molecule has 0 spiro atoms. The molecule has 2 aliphatic heterocycles. The monoisotopic (exact) mass is 233 g/mol. The van der Waals surface area contributed by atoms with Crippen molar-refractivity contribution in [3.63, 3.8) is 0 Å². The Hall–Kier alpha value is -0.730. The summed E-state index contributed by atoms with van der Waals surface area (Å²) >= 11 is 0. The van der Waals surface area contributed by atoms with Crippen LogP contribution in [0.3, 0.4) is 0 Å². The SMILES string of the molecule is COC(=O)[C@@H]1OCO[C@H]2[C@@H]1OCO[C@@H]2CN. The molecule has 7 heteroatoms.